The van der Waals surface area contributed by atoms with E-state index >= 15 is 0 Å². The summed E-state index contributed by atoms with van der Waals surface area (Å²) < 4.78 is 40.2. The Morgan fingerprint density at radius 3 is 2.54 bits per heavy atom. The Kier molecular flexibility index (Phi) is 5.21. The number of halogens is 3. The zero-order valence-corrected chi connectivity index (χ0v) is 15.1. The van der Waals surface area contributed by atoms with Gasteiger partial charge < -0.3 is 11.1 Å². The van der Waals surface area contributed by atoms with Gasteiger partial charge in [0, 0.05) is 5.70 Å². The van der Waals surface area contributed by atoms with Crippen molar-refractivity contribution in [3.05, 3.63) is 83.3 Å². The number of nitrogens with zero attached hydrogens (tertiary/aromatic N) is 3. The molecule has 2 aromatic rings. The summed E-state index contributed by atoms with van der Waals surface area (Å²) in [5, 5.41) is 8.55. The number of allylic oxidation sites excluding steroid dienone is 1. The lowest BCUT2D eigenvalue weighted by Gasteiger charge is -2.26. The summed E-state index contributed by atoms with van der Waals surface area (Å²) in [6.45, 7) is 9.34. The monoisotopic (exact) mass is 385 g/mol. The van der Waals surface area contributed by atoms with E-state index in [1.807, 2.05) is 19.1 Å². The van der Waals surface area contributed by atoms with E-state index in [0.29, 0.717) is 23.0 Å². The van der Waals surface area contributed by atoms with E-state index in [-0.39, 0.29) is 12.1 Å². The van der Waals surface area contributed by atoms with Crippen molar-refractivity contribution < 1.29 is 13.2 Å². The number of rotatable bonds is 4. The lowest BCUT2D eigenvalue weighted by molar-refractivity contribution is 0.410. The third kappa shape index (κ3) is 4.06. The Labute approximate surface area is 160 Å². The van der Waals surface area contributed by atoms with Crippen LogP contribution in [0.1, 0.15) is 16.7 Å². The third-order valence-corrected chi connectivity index (χ3v) is 4.05. The molecular weight excluding hydrogens is 367 g/mol. The standard InChI is InChI=1S/C20H18F3N5/c1-11-4-5-15(13(3)24)8-18(11)27-20-26-12(2)9-25-28(20)10-14-6-16(21)19(23)17(22)7-14/h4-9H,2-3,10,24H2,1H3,(H,26,27). The molecule has 0 spiro atoms. The van der Waals surface area contributed by atoms with Crippen molar-refractivity contribution in [3.8, 4) is 0 Å². The van der Waals surface area contributed by atoms with E-state index < -0.39 is 17.5 Å². The van der Waals surface area contributed by atoms with Gasteiger partial charge in [-0.2, -0.15) is 5.10 Å². The quantitative estimate of drug-likeness (QED) is 0.784. The lowest BCUT2D eigenvalue weighted by Crippen LogP contribution is -2.41. The molecular formula is C20H18F3N5. The minimum Gasteiger partial charge on any atom is -0.399 e. The number of aliphatic imine (C=N–C) groups is 1. The van der Waals surface area contributed by atoms with Crippen molar-refractivity contribution in [2.24, 2.45) is 15.8 Å². The van der Waals surface area contributed by atoms with Gasteiger partial charge in [-0.1, -0.05) is 25.3 Å². The second-order valence-corrected chi connectivity index (χ2v) is 6.29. The van der Waals surface area contributed by atoms with Gasteiger partial charge in [-0.15, -0.1) is 0 Å². The van der Waals surface area contributed by atoms with Crippen molar-refractivity contribution in [2.75, 3.05) is 0 Å². The first-order valence-corrected chi connectivity index (χ1v) is 8.29. The SMILES string of the molecule is C=C1C=NN(Cc2cc(F)c(F)c(F)c2)C(=Nc2cc(C(=C)N)ccc2C)N1. The molecule has 144 valence electrons. The zero-order valence-electron chi connectivity index (χ0n) is 15.1. The van der Waals surface area contributed by atoms with E-state index in [0.717, 1.165) is 23.3 Å². The smallest absolute Gasteiger partial charge is 0.224 e. The number of hydrogen-bond acceptors (Lipinski definition) is 3. The number of nitrogens with one attached hydrogen (secondary N) is 1. The zero-order chi connectivity index (χ0) is 20.4. The number of aryl methyl sites for hydroxylation is 1. The molecule has 28 heavy (non-hydrogen) atoms. The molecule has 0 atom stereocenters. The molecule has 5 nitrogen and oxygen atoms in total. The van der Waals surface area contributed by atoms with Crippen LogP contribution in [-0.2, 0) is 6.54 Å². The highest BCUT2D eigenvalue weighted by Crippen LogP contribution is 2.24. The number of guanidine groups is 1. The highest BCUT2D eigenvalue weighted by Gasteiger charge is 2.19. The van der Waals surface area contributed by atoms with E-state index in [2.05, 4.69) is 28.6 Å². The normalized spacial score (nSPS) is 15.1. The van der Waals surface area contributed by atoms with Crippen LogP contribution in [0.25, 0.3) is 5.70 Å². The summed E-state index contributed by atoms with van der Waals surface area (Å²) in [5.74, 6) is -3.75. The summed E-state index contributed by atoms with van der Waals surface area (Å²) in [5.41, 5.74) is 9.03. The van der Waals surface area contributed by atoms with Crippen molar-refractivity contribution in [3.63, 3.8) is 0 Å². The fourth-order valence-electron chi connectivity index (χ4n) is 2.55. The molecule has 0 saturated heterocycles. The predicted molar refractivity (Wildman–Crippen MR) is 104 cm³/mol. The van der Waals surface area contributed by atoms with Crippen LogP contribution in [0.2, 0.25) is 0 Å². The van der Waals surface area contributed by atoms with Crippen molar-refractivity contribution in [1.82, 2.24) is 10.3 Å². The lowest BCUT2D eigenvalue weighted by atomic mass is 10.1. The molecule has 2 aromatic carbocycles. The predicted octanol–water partition coefficient (Wildman–Crippen LogP) is 3.93. The summed E-state index contributed by atoms with van der Waals surface area (Å²) in [7, 11) is 0. The average Bonchev–Trinajstić information content (AvgIpc) is 2.63. The molecule has 0 unspecified atom stereocenters. The second-order valence-electron chi connectivity index (χ2n) is 6.29. The fourth-order valence-corrected chi connectivity index (χ4v) is 2.55. The highest BCUT2D eigenvalue weighted by atomic mass is 19.2. The maximum Gasteiger partial charge on any atom is 0.224 e. The number of hydrogen-bond donors (Lipinski definition) is 2. The topological polar surface area (TPSA) is 66.0 Å². The fraction of sp³-hybridized carbons (Fsp3) is 0.100. The van der Waals surface area contributed by atoms with Crippen LogP contribution in [0.4, 0.5) is 18.9 Å². The van der Waals surface area contributed by atoms with Crippen LogP contribution in [0, 0.1) is 24.4 Å². The maximum atomic E-state index is 13.5. The van der Waals surface area contributed by atoms with Gasteiger partial charge in [0.2, 0.25) is 5.96 Å². The number of nitrogens with two attached hydrogens (primary N) is 1. The van der Waals surface area contributed by atoms with Gasteiger partial charge in [0.25, 0.3) is 0 Å². The molecule has 0 radical (unpaired) electrons. The molecule has 8 heteroatoms. The van der Waals surface area contributed by atoms with Crippen LogP contribution in [0.3, 0.4) is 0 Å². The highest BCUT2D eigenvalue weighted by molar-refractivity contribution is 5.94. The van der Waals surface area contributed by atoms with Crippen LogP contribution in [-0.4, -0.2) is 17.2 Å². The van der Waals surface area contributed by atoms with Gasteiger partial charge in [0.15, 0.2) is 17.5 Å². The van der Waals surface area contributed by atoms with Gasteiger partial charge in [-0.25, -0.2) is 23.2 Å². The number of hydrazone groups is 1. The summed E-state index contributed by atoms with van der Waals surface area (Å²) in [6.07, 6.45) is 1.44. The summed E-state index contributed by atoms with van der Waals surface area (Å²) >= 11 is 0. The van der Waals surface area contributed by atoms with Crippen molar-refractivity contribution in [1.29, 1.82) is 0 Å². The van der Waals surface area contributed by atoms with Gasteiger partial charge >= 0.3 is 0 Å². The average molecular weight is 385 g/mol. The molecule has 0 aliphatic carbocycles. The van der Waals surface area contributed by atoms with Crippen LogP contribution >= 0.6 is 0 Å². The van der Waals surface area contributed by atoms with E-state index in [4.69, 9.17) is 5.73 Å². The molecule has 0 amide bonds. The van der Waals surface area contributed by atoms with Crippen LogP contribution in [0.15, 0.2) is 59.3 Å². The summed E-state index contributed by atoms with van der Waals surface area (Å²) in [4.78, 5) is 4.55. The first-order chi connectivity index (χ1) is 13.2. The molecule has 3 N–H and O–H groups in total. The summed E-state index contributed by atoms with van der Waals surface area (Å²) in [6, 6.07) is 7.28. The maximum absolute atomic E-state index is 13.5. The molecule has 1 aliphatic rings. The van der Waals surface area contributed by atoms with Crippen molar-refractivity contribution >= 4 is 23.6 Å². The Hall–Kier alpha value is -3.55. The van der Waals surface area contributed by atoms with Gasteiger partial charge in [0.05, 0.1) is 24.1 Å². The minimum absolute atomic E-state index is 0.0356. The largest absolute Gasteiger partial charge is 0.399 e. The molecule has 0 fully saturated rings. The Balaban J connectivity index is 1.98. The Morgan fingerprint density at radius 2 is 1.89 bits per heavy atom. The molecule has 1 heterocycles. The molecule has 0 bridgehead atoms. The van der Waals surface area contributed by atoms with Crippen molar-refractivity contribution in [2.45, 2.75) is 13.5 Å². The van der Waals surface area contributed by atoms with Crippen LogP contribution < -0.4 is 11.1 Å². The first kappa shape index (κ1) is 19.2. The second kappa shape index (κ2) is 7.59. The minimum atomic E-state index is -1.51. The van der Waals surface area contributed by atoms with Gasteiger partial charge in [0.1, 0.15) is 0 Å². The van der Waals surface area contributed by atoms with Crippen LogP contribution in [0.5, 0.6) is 0 Å². The van der Waals surface area contributed by atoms with Gasteiger partial charge in [-0.05, 0) is 41.8 Å². The van der Waals surface area contributed by atoms with E-state index in [1.165, 1.54) is 11.2 Å². The molecule has 1 aliphatic heterocycles. The molecule has 0 saturated carbocycles. The molecule has 3 rings (SSSR count). The number of benzene rings is 2. The Morgan fingerprint density at radius 1 is 1.21 bits per heavy atom. The third-order valence-electron chi connectivity index (χ3n) is 4.05. The van der Waals surface area contributed by atoms with E-state index in [1.54, 1.807) is 6.07 Å². The Bertz CT molecular complexity index is 1000. The first-order valence-electron chi connectivity index (χ1n) is 8.29. The van der Waals surface area contributed by atoms with E-state index in [9.17, 15) is 13.2 Å². The molecule has 0 aromatic heterocycles. The van der Waals surface area contributed by atoms with Gasteiger partial charge in [-0.3, -0.25) is 0 Å².